The van der Waals surface area contributed by atoms with Gasteiger partial charge in [-0.15, -0.1) is 0 Å². The van der Waals surface area contributed by atoms with Crippen molar-refractivity contribution in [2.24, 2.45) is 0 Å². The summed E-state index contributed by atoms with van der Waals surface area (Å²) in [4.78, 5) is 26.3. The van der Waals surface area contributed by atoms with E-state index in [0.29, 0.717) is 25.3 Å². The maximum Gasteiger partial charge on any atom is 0.254 e. The van der Waals surface area contributed by atoms with E-state index in [9.17, 15) is 4.79 Å². The molecule has 0 N–H and O–H groups in total. The van der Waals surface area contributed by atoms with Gasteiger partial charge in [0.1, 0.15) is 17.4 Å². The topological polar surface area (TPSA) is 58.6 Å². The van der Waals surface area contributed by atoms with Crippen LogP contribution in [-0.2, 0) is 0 Å². The Balaban J connectivity index is 1.45. The van der Waals surface area contributed by atoms with Crippen LogP contribution in [0.5, 0.6) is 5.75 Å². The predicted octanol–water partition coefficient (Wildman–Crippen LogP) is 3.81. The number of hydrogen-bond acceptors (Lipinski definition) is 5. The number of ether oxygens (including phenoxy) is 1. The zero-order valence-corrected chi connectivity index (χ0v) is 17.4. The van der Waals surface area contributed by atoms with Crippen molar-refractivity contribution in [3.8, 4) is 17.0 Å². The van der Waals surface area contributed by atoms with E-state index in [1.165, 1.54) is 0 Å². The van der Waals surface area contributed by atoms with Crippen LogP contribution in [0.2, 0.25) is 0 Å². The van der Waals surface area contributed by atoms with E-state index in [-0.39, 0.29) is 5.91 Å². The van der Waals surface area contributed by atoms with Gasteiger partial charge in [-0.05, 0) is 32.0 Å². The van der Waals surface area contributed by atoms with Crippen LogP contribution in [0.15, 0.2) is 60.7 Å². The largest absolute Gasteiger partial charge is 0.494 e. The Morgan fingerprint density at radius 1 is 0.967 bits per heavy atom. The fraction of sp³-hybridized carbons (Fsp3) is 0.292. The maximum absolute atomic E-state index is 12.9. The lowest BCUT2D eigenvalue weighted by molar-refractivity contribution is 0.0746. The fourth-order valence-corrected chi connectivity index (χ4v) is 3.68. The highest BCUT2D eigenvalue weighted by Crippen LogP contribution is 2.23. The molecule has 0 saturated carbocycles. The Labute approximate surface area is 177 Å². The third kappa shape index (κ3) is 4.43. The molecule has 2 aromatic carbocycles. The van der Waals surface area contributed by atoms with Crippen LogP contribution in [0.3, 0.4) is 0 Å². The number of piperazine rings is 1. The second-order valence-electron chi connectivity index (χ2n) is 7.26. The molecule has 1 saturated heterocycles. The lowest BCUT2D eigenvalue weighted by Gasteiger charge is -2.35. The zero-order chi connectivity index (χ0) is 20.9. The quantitative estimate of drug-likeness (QED) is 0.649. The maximum atomic E-state index is 12.9. The van der Waals surface area contributed by atoms with Gasteiger partial charge in [-0.25, -0.2) is 9.97 Å². The second-order valence-corrected chi connectivity index (χ2v) is 7.26. The van der Waals surface area contributed by atoms with E-state index in [2.05, 4.69) is 27.0 Å². The Morgan fingerprint density at radius 2 is 1.73 bits per heavy atom. The molecule has 0 unspecified atom stereocenters. The highest BCUT2D eigenvalue weighted by Gasteiger charge is 2.23. The molecule has 2 heterocycles. The molecule has 0 atom stereocenters. The molecule has 6 nitrogen and oxygen atoms in total. The number of aryl methyl sites for hydroxylation is 1. The summed E-state index contributed by atoms with van der Waals surface area (Å²) in [7, 11) is 0. The third-order valence-corrected chi connectivity index (χ3v) is 5.18. The van der Waals surface area contributed by atoms with Gasteiger partial charge in [0.2, 0.25) is 0 Å². The van der Waals surface area contributed by atoms with E-state index >= 15 is 0 Å². The number of hydrogen-bond donors (Lipinski definition) is 0. The summed E-state index contributed by atoms with van der Waals surface area (Å²) < 4.78 is 5.52. The Bertz CT molecular complexity index is 1010. The summed E-state index contributed by atoms with van der Waals surface area (Å²) in [6, 6.07) is 19.6. The van der Waals surface area contributed by atoms with Crippen LogP contribution in [0, 0.1) is 6.92 Å². The van der Waals surface area contributed by atoms with Crippen molar-refractivity contribution in [1.29, 1.82) is 0 Å². The van der Waals surface area contributed by atoms with Gasteiger partial charge in [0, 0.05) is 43.4 Å². The molecule has 3 aromatic rings. The molecular formula is C24H26N4O2. The van der Waals surface area contributed by atoms with Gasteiger partial charge in [0.05, 0.1) is 12.3 Å². The molecule has 0 bridgehead atoms. The molecule has 1 amide bonds. The Hall–Kier alpha value is -3.41. The minimum Gasteiger partial charge on any atom is -0.494 e. The van der Waals surface area contributed by atoms with Crippen molar-refractivity contribution >= 4 is 11.7 Å². The number of anilines is 1. The van der Waals surface area contributed by atoms with Crippen LogP contribution in [-0.4, -0.2) is 53.6 Å². The number of carbonyl (C=O) groups is 1. The van der Waals surface area contributed by atoms with E-state index in [1.54, 1.807) is 0 Å². The number of carbonyl (C=O) groups excluding carboxylic acids is 1. The van der Waals surface area contributed by atoms with E-state index in [4.69, 9.17) is 4.74 Å². The molecule has 0 spiro atoms. The minimum atomic E-state index is 0.0417. The van der Waals surface area contributed by atoms with Gasteiger partial charge in [-0.1, -0.05) is 36.4 Å². The van der Waals surface area contributed by atoms with E-state index < -0.39 is 0 Å². The van der Waals surface area contributed by atoms with Gasteiger partial charge >= 0.3 is 0 Å². The molecule has 1 aliphatic rings. The average molecular weight is 402 g/mol. The first kappa shape index (κ1) is 19.9. The van der Waals surface area contributed by atoms with Gasteiger partial charge in [0.15, 0.2) is 0 Å². The minimum absolute atomic E-state index is 0.0417. The molecule has 6 heteroatoms. The Kier molecular flexibility index (Phi) is 5.93. The first-order valence-electron chi connectivity index (χ1n) is 10.3. The normalized spacial score (nSPS) is 13.9. The average Bonchev–Trinajstić information content (AvgIpc) is 2.79. The molecular weight excluding hydrogens is 376 g/mol. The van der Waals surface area contributed by atoms with Crippen LogP contribution < -0.4 is 9.64 Å². The van der Waals surface area contributed by atoms with Gasteiger partial charge in [-0.3, -0.25) is 4.79 Å². The molecule has 1 aliphatic heterocycles. The molecule has 0 radical (unpaired) electrons. The van der Waals surface area contributed by atoms with Crippen LogP contribution in [0.25, 0.3) is 11.3 Å². The summed E-state index contributed by atoms with van der Waals surface area (Å²) in [6.07, 6.45) is 0. The van der Waals surface area contributed by atoms with Crippen molar-refractivity contribution in [3.63, 3.8) is 0 Å². The fourth-order valence-electron chi connectivity index (χ4n) is 3.68. The van der Waals surface area contributed by atoms with E-state index in [1.807, 2.05) is 67.3 Å². The molecule has 154 valence electrons. The van der Waals surface area contributed by atoms with Gasteiger partial charge in [-0.2, -0.15) is 0 Å². The second kappa shape index (κ2) is 8.95. The van der Waals surface area contributed by atoms with Gasteiger partial charge < -0.3 is 14.5 Å². The number of nitrogens with zero attached hydrogens (tertiary/aromatic N) is 4. The number of amides is 1. The number of aromatic nitrogens is 2. The lowest BCUT2D eigenvalue weighted by atomic mass is 10.1. The molecule has 1 fully saturated rings. The summed E-state index contributed by atoms with van der Waals surface area (Å²) in [6.45, 7) is 7.22. The summed E-state index contributed by atoms with van der Waals surface area (Å²) in [5, 5.41) is 0. The van der Waals surface area contributed by atoms with Crippen molar-refractivity contribution in [2.75, 3.05) is 37.7 Å². The van der Waals surface area contributed by atoms with Crippen molar-refractivity contribution in [3.05, 3.63) is 72.1 Å². The van der Waals surface area contributed by atoms with Crippen LogP contribution >= 0.6 is 0 Å². The van der Waals surface area contributed by atoms with Crippen molar-refractivity contribution in [1.82, 2.24) is 14.9 Å². The number of rotatable bonds is 5. The number of benzene rings is 2. The first-order chi connectivity index (χ1) is 14.6. The summed E-state index contributed by atoms with van der Waals surface area (Å²) in [5.74, 6) is 2.43. The zero-order valence-electron chi connectivity index (χ0n) is 17.4. The molecule has 30 heavy (non-hydrogen) atoms. The third-order valence-electron chi connectivity index (χ3n) is 5.18. The molecule has 4 rings (SSSR count). The summed E-state index contributed by atoms with van der Waals surface area (Å²) in [5.41, 5.74) is 2.66. The van der Waals surface area contributed by atoms with Crippen molar-refractivity contribution in [2.45, 2.75) is 13.8 Å². The highest BCUT2D eigenvalue weighted by molar-refractivity contribution is 5.94. The molecule has 0 aliphatic carbocycles. The predicted molar refractivity (Wildman–Crippen MR) is 118 cm³/mol. The Morgan fingerprint density at radius 3 is 2.47 bits per heavy atom. The SMILES string of the molecule is CCOc1cccc(C(=O)N2CCN(c3cc(-c4ccccc4)nc(C)n3)CC2)c1. The summed E-state index contributed by atoms with van der Waals surface area (Å²) >= 11 is 0. The van der Waals surface area contributed by atoms with Crippen molar-refractivity contribution < 1.29 is 9.53 Å². The highest BCUT2D eigenvalue weighted by atomic mass is 16.5. The molecule has 1 aromatic heterocycles. The van der Waals surface area contributed by atoms with E-state index in [0.717, 1.165) is 41.7 Å². The lowest BCUT2D eigenvalue weighted by Crippen LogP contribution is -2.49. The standard InChI is InChI=1S/C24H26N4O2/c1-3-30-21-11-7-10-20(16-21)24(29)28-14-12-27(13-15-28)23-17-22(25-18(2)26-23)19-8-5-4-6-9-19/h4-11,16-17H,3,12-15H2,1-2H3. The van der Waals surface area contributed by atoms with Crippen LogP contribution in [0.1, 0.15) is 23.1 Å². The van der Waals surface area contributed by atoms with Gasteiger partial charge in [0.25, 0.3) is 5.91 Å². The monoisotopic (exact) mass is 402 g/mol. The van der Waals surface area contributed by atoms with Crippen LogP contribution in [0.4, 0.5) is 5.82 Å². The smallest absolute Gasteiger partial charge is 0.254 e. The first-order valence-corrected chi connectivity index (χ1v) is 10.3.